The Morgan fingerprint density at radius 3 is 2.70 bits per heavy atom. The maximum atomic E-state index is 12.2. The van der Waals surface area contributed by atoms with Gasteiger partial charge in [-0.25, -0.2) is 13.4 Å². The molecule has 1 aromatic heterocycles. The lowest BCUT2D eigenvalue weighted by atomic mass is 9.98. The van der Waals surface area contributed by atoms with E-state index in [0.29, 0.717) is 0 Å². The Morgan fingerprint density at radius 2 is 2.05 bits per heavy atom. The first-order chi connectivity index (χ1) is 9.47. The average molecular weight is 314 g/mol. The zero-order valence-electron chi connectivity index (χ0n) is 12.1. The zero-order valence-corrected chi connectivity index (χ0v) is 13.7. The van der Waals surface area contributed by atoms with Crippen molar-refractivity contribution in [2.24, 2.45) is 0 Å². The van der Waals surface area contributed by atoms with Crippen LogP contribution in [-0.4, -0.2) is 32.0 Å². The summed E-state index contributed by atoms with van der Waals surface area (Å²) in [5, 5.41) is 3.99. The first kappa shape index (κ1) is 14.5. The molecule has 1 fully saturated rings. The highest BCUT2D eigenvalue weighted by Gasteiger charge is 2.50. The maximum absolute atomic E-state index is 12.2. The molecule has 1 aromatic rings. The van der Waals surface area contributed by atoms with Gasteiger partial charge >= 0.3 is 0 Å². The van der Waals surface area contributed by atoms with Gasteiger partial charge in [-0.3, -0.25) is 0 Å². The van der Waals surface area contributed by atoms with Gasteiger partial charge in [0.2, 0.25) is 0 Å². The number of hydrogen-bond acceptors (Lipinski definition) is 5. The van der Waals surface area contributed by atoms with Crippen molar-refractivity contribution in [2.45, 2.75) is 55.7 Å². The number of thiazole rings is 1. The quantitative estimate of drug-likeness (QED) is 0.927. The van der Waals surface area contributed by atoms with E-state index in [0.717, 1.165) is 37.1 Å². The number of rotatable bonds is 3. The van der Waals surface area contributed by atoms with Crippen molar-refractivity contribution in [3.63, 3.8) is 0 Å². The van der Waals surface area contributed by atoms with Crippen LogP contribution in [-0.2, 0) is 28.2 Å². The maximum Gasteiger partial charge on any atom is 0.152 e. The Hall–Kier alpha value is -0.460. The lowest BCUT2D eigenvalue weighted by Crippen LogP contribution is -2.49. The number of aryl methyl sites for hydroxylation is 2. The minimum atomic E-state index is -3.07. The molecule has 0 aliphatic heterocycles. The predicted molar refractivity (Wildman–Crippen MR) is 82.0 cm³/mol. The normalized spacial score (nSPS) is 30.4. The van der Waals surface area contributed by atoms with Gasteiger partial charge in [0.05, 0.1) is 16.5 Å². The van der Waals surface area contributed by atoms with Crippen LogP contribution in [0.15, 0.2) is 0 Å². The molecule has 0 aromatic carbocycles. The van der Waals surface area contributed by atoms with Gasteiger partial charge in [0.1, 0.15) is 5.01 Å². The molecular weight excluding hydrogens is 292 g/mol. The molecule has 2 atom stereocenters. The summed E-state index contributed by atoms with van der Waals surface area (Å²) in [6.45, 7) is 0. The van der Waals surface area contributed by atoms with Crippen molar-refractivity contribution in [2.75, 3.05) is 13.3 Å². The molecule has 2 unspecified atom stereocenters. The third-order valence-electron chi connectivity index (χ3n) is 4.78. The summed E-state index contributed by atoms with van der Waals surface area (Å²) in [6, 6.07) is 0. The Morgan fingerprint density at radius 1 is 1.30 bits per heavy atom. The smallest absolute Gasteiger partial charge is 0.152 e. The Labute approximate surface area is 124 Å². The van der Waals surface area contributed by atoms with Gasteiger partial charge in [0, 0.05) is 11.1 Å². The Balaban J connectivity index is 2.06. The lowest BCUT2D eigenvalue weighted by Gasteiger charge is -2.32. The first-order valence-electron chi connectivity index (χ1n) is 7.34. The van der Waals surface area contributed by atoms with E-state index in [9.17, 15) is 8.42 Å². The molecule has 0 spiro atoms. The summed E-state index contributed by atoms with van der Waals surface area (Å²) in [4.78, 5) is 6.21. The Kier molecular flexibility index (Phi) is 3.67. The van der Waals surface area contributed by atoms with E-state index >= 15 is 0 Å². The van der Waals surface area contributed by atoms with Crippen molar-refractivity contribution in [1.82, 2.24) is 10.3 Å². The van der Waals surface area contributed by atoms with E-state index in [1.54, 1.807) is 11.3 Å². The van der Waals surface area contributed by atoms with Crippen LogP contribution in [0.4, 0.5) is 0 Å². The molecule has 0 saturated heterocycles. The van der Waals surface area contributed by atoms with Crippen LogP contribution in [0.2, 0.25) is 0 Å². The summed E-state index contributed by atoms with van der Waals surface area (Å²) in [5.41, 5.74) is 0.750. The number of nitrogens with one attached hydrogen (secondary N) is 1. The average Bonchev–Trinajstić information content (AvgIpc) is 3.02. The second kappa shape index (κ2) is 5.07. The van der Waals surface area contributed by atoms with Crippen molar-refractivity contribution >= 4 is 21.2 Å². The van der Waals surface area contributed by atoms with Gasteiger partial charge in [-0.2, -0.15) is 0 Å². The fourth-order valence-corrected chi connectivity index (χ4v) is 6.91. The van der Waals surface area contributed by atoms with E-state index in [2.05, 4.69) is 5.32 Å². The highest BCUT2D eigenvalue weighted by molar-refractivity contribution is 7.91. The van der Waals surface area contributed by atoms with Crippen molar-refractivity contribution < 1.29 is 8.42 Å². The first-order valence-corrected chi connectivity index (χ1v) is 10.1. The van der Waals surface area contributed by atoms with E-state index < -0.39 is 15.4 Å². The van der Waals surface area contributed by atoms with Gasteiger partial charge in [-0.1, -0.05) is 0 Å². The van der Waals surface area contributed by atoms with Gasteiger partial charge in [-0.05, 0) is 52.0 Å². The monoisotopic (exact) mass is 314 g/mol. The van der Waals surface area contributed by atoms with Crippen LogP contribution < -0.4 is 5.32 Å². The van der Waals surface area contributed by atoms with Crippen LogP contribution in [0.3, 0.4) is 0 Å². The molecule has 20 heavy (non-hydrogen) atoms. The van der Waals surface area contributed by atoms with Gasteiger partial charge in [0.15, 0.2) is 9.84 Å². The molecule has 1 N–H and O–H groups in total. The van der Waals surface area contributed by atoms with Crippen LogP contribution in [0.1, 0.15) is 47.7 Å². The largest absolute Gasteiger partial charge is 0.307 e. The second-order valence-corrected chi connectivity index (χ2v) is 9.34. The fourth-order valence-electron chi connectivity index (χ4n) is 3.73. The molecule has 1 heterocycles. The highest BCUT2D eigenvalue weighted by Crippen LogP contribution is 2.45. The third kappa shape index (κ3) is 2.22. The molecule has 3 rings (SSSR count). The van der Waals surface area contributed by atoms with E-state index in [4.69, 9.17) is 4.98 Å². The minimum Gasteiger partial charge on any atom is -0.307 e. The molecule has 112 valence electrons. The molecule has 2 aliphatic rings. The topological polar surface area (TPSA) is 59.1 Å². The van der Waals surface area contributed by atoms with Gasteiger partial charge in [0.25, 0.3) is 0 Å². The van der Waals surface area contributed by atoms with Crippen LogP contribution in [0.5, 0.6) is 0 Å². The summed E-state index contributed by atoms with van der Waals surface area (Å²) in [7, 11) is -1.19. The van der Waals surface area contributed by atoms with Crippen molar-refractivity contribution in [1.29, 1.82) is 0 Å². The fraction of sp³-hybridized carbons (Fsp3) is 0.786. The number of nitrogens with zero attached hydrogens (tertiary/aromatic N) is 1. The van der Waals surface area contributed by atoms with Crippen LogP contribution in [0.25, 0.3) is 0 Å². The zero-order chi connectivity index (χ0) is 14.4. The molecule has 6 heteroatoms. The third-order valence-corrected chi connectivity index (χ3v) is 7.78. The second-order valence-electron chi connectivity index (χ2n) is 6.03. The number of sulfone groups is 1. The molecular formula is C14H22N2O2S2. The summed E-state index contributed by atoms with van der Waals surface area (Å²) >= 11 is 1.74. The summed E-state index contributed by atoms with van der Waals surface area (Å²) in [5.74, 6) is 0. The van der Waals surface area contributed by atoms with Gasteiger partial charge in [-0.15, -0.1) is 11.3 Å². The highest BCUT2D eigenvalue weighted by atomic mass is 32.2. The number of aromatic nitrogens is 1. The molecule has 2 aliphatic carbocycles. The van der Waals surface area contributed by atoms with Gasteiger partial charge < -0.3 is 5.32 Å². The summed E-state index contributed by atoms with van der Waals surface area (Å²) < 4.78 is 24.3. The molecule has 0 amide bonds. The minimum absolute atomic E-state index is 0.340. The number of hydrogen-bond donors (Lipinski definition) is 1. The molecule has 4 nitrogen and oxygen atoms in total. The van der Waals surface area contributed by atoms with Crippen LogP contribution in [0, 0.1) is 0 Å². The lowest BCUT2D eigenvalue weighted by molar-refractivity contribution is 0.368. The predicted octanol–water partition coefficient (Wildman–Crippen LogP) is 2.03. The summed E-state index contributed by atoms with van der Waals surface area (Å²) in [6.07, 6.45) is 8.52. The standard InChI is InChI=1S/C14H22N2O2S2/c1-15-14(9-5-8-12(14)20(2,17)18)13-16-10-6-3-4-7-11(10)19-13/h12,15H,3-9H2,1-2H3. The Bertz CT molecular complexity index is 585. The SMILES string of the molecule is CNC1(c2nc3c(s2)CCCC3)CCCC1S(C)(=O)=O. The number of fused-ring (bicyclic) bond motifs is 1. The van der Waals surface area contributed by atoms with Crippen LogP contribution >= 0.6 is 11.3 Å². The van der Waals surface area contributed by atoms with E-state index in [1.807, 2.05) is 7.05 Å². The molecule has 1 saturated carbocycles. The molecule has 0 radical (unpaired) electrons. The van der Waals surface area contributed by atoms with Crippen molar-refractivity contribution in [3.8, 4) is 0 Å². The van der Waals surface area contributed by atoms with E-state index in [-0.39, 0.29) is 5.25 Å². The van der Waals surface area contributed by atoms with Crippen molar-refractivity contribution in [3.05, 3.63) is 15.6 Å². The molecule has 0 bridgehead atoms. The van der Waals surface area contributed by atoms with E-state index in [1.165, 1.54) is 29.7 Å².